The summed E-state index contributed by atoms with van der Waals surface area (Å²) in [4.78, 5) is 0. The van der Waals surface area contributed by atoms with Crippen molar-refractivity contribution in [2.24, 2.45) is 0 Å². The van der Waals surface area contributed by atoms with Gasteiger partial charge in [-0.3, -0.25) is 0 Å². The lowest BCUT2D eigenvalue weighted by Crippen LogP contribution is -2.09. The molecule has 0 radical (unpaired) electrons. The highest BCUT2D eigenvalue weighted by atomic mass is 16.3. The highest BCUT2D eigenvalue weighted by Crippen LogP contribution is 2.24. The molecule has 0 atom stereocenters. The summed E-state index contributed by atoms with van der Waals surface area (Å²) in [6, 6.07) is 6.18. The summed E-state index contributed by atoms with van der Waals surface area (Å²) in [7, 11) is 1.97. The molecule has 2 rings (SSSR count). The van der Waals surface area contributed by atoms with Crippen LogP contribution in [0, 0.1) is 6.92 Å². The Labute approximate surface area is 83.9 Å². The normalized spacial score (nSPS) is 11.0. The Morgan fingerprint density at radius 3 is 3.00 bits per heavy atom. The van der Waals surface area contributed by atoms with Gasteiger partial charge in [0.2, 0.25) is 0 Å². The molecular formula is C12H15NO. The molecule has 0 saturated heterocycles. The fourth-order valence-corrected chi connectivity index (χ4v) is 1.79. The summed E-state index contributed by atoms with van der Waals surface area (Å²) in [6.45, 7) is 3.11. The van der Waals surface area contributed by atoms with Crippen LogP contribution in [-0.2, 0) is 6.42 Å². The van der Waals surface area contributed by atoms with Crippen LogP contribution in [0.15, 0.2) is 28.9 Å². The van der Waals surface area contributed by atoms with Crippen molar-refractivity contribution >= 4 is 11.0 Å². The van der Waals surface area contributed by atoms with Gasteiger partial charge in [-0.25, -0.2) is 0 Å². The van der Waals surface area contributed by atoms with Gasteiger partial charge in [-0.15, -0.1) is 0 Å². The summed E-state index contributed by atoms with van der Waals surface area (Å²) in [5.74, 6) is 0. The average molecular weight is 189 g/mol. The monoisotopic (exact) mass is 189 g/mol. The first-order valence-corrected chi connectivity index (χ1v) is 4.93. The van der Waals surface area contributed by atoms with Gasteiger partial charge in [0.25, 0.3) is 0 Å². The van der Waals surface area contributed by atoms with Gasteiger partial charge >= 0.3 is 0 Å². The Balaban J connectivity index is 2.45. The first-order valence-electron chi connectivity index (χ1n) is 4.93. The zero-order valence-corrected chi connectivity index (χ0v) is 8.63. The van der Waals surface area contributed by atoms with Crippen LogP contribution in [0.1, 0.15) is 11.1 Å². The van der Waals surface area contributed by atoms with Crippen LogP contribution in [-0.4, -0.2) is 13.6 Å². The molecule has 1 N–H and O–H groups in total. The first kappa shape index (κ1) is 9.28. The molecule has 0 bridgehead atoms. The van der Waals surface area contributed by atoms with Crippen molar-refractivity contribution in [1.82, 2.24) is 5.32 Å². The zero-order valence-electron chi connectivity index (χ0n) is 8.63. The predicted octanol–water partition coefficient (Wildman–Crippen LogP) is 2.50. The minimum Gasteiger partial charge on any atom is -0.464 e. The lowest BCUT2D eigenvalue weighted by Gasteiger charge is -1.99. The molecule has 0 aliphatic carbocycles. The molecule has 1 heterocycles. The van der Waals surface area contributed by atoms with Crippen LogP contribution in [0.4, 0.5) is 0 Å². The highest BCUT2D eigenvalue weighted by Gasteiger charge is 2.06. The number of likely N-dealkylation sites (N-methyl/N-ethyl adjacent to an activating group) is 1. The third kappa shape index (κ3) is 1.53. The van der Waals surface area contributed by atoms with Gasteiger partial charge in [-0.2, -0.15) is 0 Å². The molecule has 0 saturated carbocycles. The Kier molecular flexibility index (Phi) is 2.55. The Hall–Kier alpha value is -1.28. The van der Waals surface area contributed by atoms with Crippen LogP contribution in [0.3, 0.4) is 0 Å². The van der Waals surface area contributed by atoms with E-state index >= 15 is 0 Å². The molecule has 0 amide bonds. The van der Waals surface area contributed by atoms with Crippen LogP contribution in [0.2, 0.25) is 0 Å². The number of aryl methyl sites for hydroxylation is 1. The van der Waals surface area contributed by atoms with E-state index in [4.69, 9.17) is 4.42 Å². The second-order valence-electron chi connectivity index (χ2n) is 3.56. The quantitative estimate of drug-likeness (QED) is 0.802. The average Bonchev–Trinajstić information content (AvgIpc) is 2.59. The van der Waals surface area contributed by atoms with Gasteiger partial charge in [0, 0.05) is 5.39 Å². The highest BCUT2D eigenvalue weighted by molar-refractivity contribution is 5.84. The van der Waals surface area contributed by atoms with E-state index in [1.54, 1.807) is 0 Å². The Bertz CT molecular complexity index is 431. The molecule has 2 nitrogen and oxygen atoms in total. The predicted molar refractivity (Wildman–Crippen MR) is 58.6 cm³/mol. The second kappa shape index (κ2) is 3.84. The minimum atomic E-state index is 0.989. The SMILES string of the molecule is CNCCc1coc2cccc(C)c12. The summed E-state index contributed by atoms with van der Waals surface area (Å²) >= 11 is 0. The first-order chi connectivity index (χ1) is 6.83. The third-order valence-corrected chi connectivity index (χ3v) is 2.53. The molecule has 0 aliphatic heterocycles. The number of hydrogen-bond acceptors (Lipinski definition) is 2. The number of rotatable bonds is 3. The van der Waals surface area contributed by atoms with Crippen molar-refractivity contribution in [2.75, 3.05) is 13.6 Å². The minimum absolute atomic E-state index is 0.989. The molecule has 2 heteroatoms. The summed E-state index contributed by atoms with van der Waals surface area (Å²) in [5.41, 5.74) is 3.59. The lowest BCUT2D eigenvalue weighted by atomic mass is 10.1. The van der Waals surface area contributed by atoms with Crippen molar-refractivity contribution < 1.29 is 4.42 Å². The lowest BCUT2D eigenvalue weighted by molar-refractivity contribution is 0.608. The third-order valence-electron chi connectivity index (χ3n) is 2.53. The summed E-state index contributed by atoms with van der Waals surface area (Å²) in [5, 5.41) is 4.43. The molecule has 14 heavy (non-hydrogen) atoms. The van der Waals surface area contributed by atoms with E-state index in [2.05, 4.69) is 18.3 Å². The van der Waals surface area contributed by atoms with E-state index in [0.717, 1.165) is 18.5 Å². The van der Waals surface area contributed by atoms with E-state index < -0.39 is 0 Å². The van der Waals surface area contributed by atoms with Crippen LogP contribution < -0.4 is 5.32 Å². The van der Waals surface area contributed by atoms with E-state index in [1.807, 2.05) is 25.4 Å². The second-order valence-corrected chi connectivity index (χ2v) is 3.56. The molecule has 0 fully saturated rings. The molecule has 0 spiro atoms. The van der Waals surface area contributed by atoms with Crippen molar-refractivity contribution in [3.63, 3.8) is 0 Å². The fraction of sp³-hybridized carbons (Fsp3) is 0.333. The maximum atomic E-state index is 5.50. The van der Waals surface area contributed by atoms with Gasteiger partial charge in [-0.05, 0) is 44.1 Å². The maximum Gasteiger partial charge on any atom is 0.134 e. The van der Waals surface area contributed by atoms with Gasteiger partial charge in [0.15, 0.2) is 0 Å². The maximum absolute atomic E-state index is 5.50. The number of furan rings is 1. The molecular weight excluding hydrogens is 174 g/mol. The van der Waals surface area contributed by atoms with E-state index in [-0.39, 0.29) is 0 Å². The van der Waals surface area contributed by atoms with Crippen LogP contribution >= 0.6 is 0 Å². The van der Waals surface area contributed by atoms with Crippen molar-refractivity contribution in [2.45, 2.75) is 13.3 Å². The molecule has 0 aliphatic rings. The van der Waals surface area contributed by atoms with Crippen LogP contribution in [0.25, 0.3) is 11.0 Å². The van der Waals surface area contributed by atoms with Gasteiger partial charge in [0.1, 0.15) is 5.58 Å². The van der Waals surface area contributed by atoms with Crippen LogP contribution in [0.5, 0.6) is 0 Å². The molecule has 1 aromatic carbocycles. The van der Waals surface area contributed by atoms with Crippen molar-refractivity contribution in [3.05, 3.63) is 35.6 Å². The molecule has 1 aromatic heterocycles. The smallest absolute Gasteiger partial charge is 0.134 e. The molecule has 0 unspecified atom stereocenters. The van der Waals surface area contributed by atoms with Gasteiger partial charge in [-0.1, -0.05) is 12.1 Å². The van der Waals surface area contributed by atoms with Gasteiger partial charge < -0.3 is 9.73 Å². The number of hydrogen-bond donors (Lipinski definition) is 1. The molecule has 74 valence electrons. The largest absolute Gasteiger partial charge is 0.464 e. The number of fused-ring (bicyclic) bond motifs is 1. The zero-order chi connectivity index (χ0) is 9.97. The van der Waals surface area contributed by atoms with E-state index in [9.17, 15) is 0 Å². The van der Waals surface area contributed by atoms with E-state index in [1.165, 1.54) is 16.5 Å². The number of benzene rings is 1. The van der Waals surface area contributed by atoms with Crippen molar-refractivity contribution in [1.29, 1.82) is 0 Å². The fourth-order valence-electron chi connectivity index (χ4n) is 1.79. The Morgan fingerprint density at radius 2 is 2.21 bits per heavy atom. The van der Waals surface area contributed by atoms with Crippen molar-refractivity contribution in [3.8, 4) is 0 Å². The summed E-state index contributed by atoms with van der Waals surface area (Å²) < 4.78 is 5.50. The number of nitrogens with one attached hydrogen (secondary N) is 1. The van der Waals surface area contributed by atoms with E-state index in [0.29, 0.717) is 0 Å². The standard InChI is InChI=1S/C12H15NO/c1-9-4-3-5-11-12(9)10(8-14-11)6-7-13-2/h3-5,8,13H,6-7H2,1-2H3. The van der Waals surface area contributed by atoms with Gasteiger partial charge in [0.05, 0.1) is 6.26 Å². The Morgan fingerprint density at radius 1 is 1.36 bits per heavy atom. The molecule has 2 aromatic rings. The summed E-state index contributed by atoms with van der Waals surface area (Å²) in [6.07, 6.45) is 2.89. The topological polar surface area (TPSA) is 25.2 Å².